The van der Waals surface area contributed by atoms with Crippen LogP contribution in [0.15, 0.2) is 0 Å². The van der Waals surface area contributed by atoms with Crippen LogP contribution in [0, 0.1) is 5.92 Å². The smallest absolute Gasteiger partial charge is 0.242 e. The van der Waals surface area contributed by atoms with Crippen molar-refractivity contribution in [1.82, 2.24) is 15.1 Å². The van der Waals surface area contributed by atoms with Crippen LogP contribution in [-0.2, 0) is 9.59 Å². The first-order valence-corrected chi connectivity index (χ1v) is 7.47. The molecule has 108 valence electrons. The molecular weight excluding hydrogens is 242 g/mol. The van der Waals surface area contributed by atoms with Crippen LogP contribution in [0.1, 0.15) is 32.6 Å². The summed E-state index contributed by atoms with van der Waals surface area (Å²) in [5.74, 6) is 0.923. The van der Waals surface area contributed by atoms with Crippen LogP contribution in [0.3, 0.4) is 0 Å². The third-order valence-corrected chi connectivity index (χ3v) is 4.12. The van der Waals surface area contributed by atoms with Crippen LogP contribution in [0.5, 0.6) is 0 Å². The maximum absolute atomic E-state index is 12.0. The molecule has 2 heterocycles. The fourth-order valence-electron chi connectivity index (χ4n) is 2.89. The molecule has 5 heteroatoms. The topological polar surface area (TPSA) is 52.7 Å². The second kappa shape index (κ2) is 6.89. The van der Waals surface area contributed by atoms with Crippen molar-refractivity contribution in [1.29, 1.82) is 0 Å². The summed E-state index contributed by atoms with van der Waals surface area (Å²) in [5, 5.41) is 3.35. The summed E-state index contributed by atoms with van der Waals surface area (Å²) in [6, 6.07) is 0. The maximum atomic E-state index is 12.0. The van der Waals surface area contributed by atoms with Gasteiger partial charge in [-0.15, -0.1) is 0 Å². The normalized spacial score (nSPS) is 22.2. The molecule has 0 aromatic rings. The molecule has 5 nitrogen and oxygen atoms in total. The van der Waals surface area contributed by atoms with Crippen LogP contribution in [0.4, 0.5) is 0 Å². The van der Waals surface area contributed by atoms with Crippen molar-refractivity contribution in [2.75, 3.05) is 39.3 Å². The zero-order valence-electron chi connectivity index (χ0n) is 11.9. The molecule has 0 aromatic heterocycles. The predicted octanol–water partition coefficient (Wildman–Crippen LogP) is 0.457. The first-order valence-electron chi connectivity index (χ1n) is 7.47. The maximum Gasteiger partial charge on any atom is 0.242 e. The average Bonchev–Trinajstić information content (AvgIpc) is 2.42. The number of carbonyl (C=O) groups excluding carboxylic acids is 2. The molecule has 0 bridgehead atoms. The van der Waals surface area contributed by atoms with Crippen LogP contribution in [0.2, 0.25) is 0 Å². The number of hydrogen-bond acceptors (Lipinski definition) is 3. The molecule has 2 aliphatic rings. The Kier molecular flexibility index (Phi) is 5.19. The van der Waals surface area contributed by atoms with Gasteiger partial charge in [-0.25, -0.2) is 0 Å². The van der Waals surface area contributed by atoms with Gasteiger partial charge in [-0.1, -0.05) is 6.92 Å². The molecule has 2 rings (SSSR count). The van der Waals surface area contributed by atoms with E-state index >= 15 is 0 Å². The second-order valence-electron chi connectivity index (χ2n) is 5.61. The van der Waals surface area contributed by atoms with Crippen molar-refractivity contribution < 1.29 is 9.59 Å². The molecule has 2 fully saturated rings. The monoisotopic (exact) mass is 267 g/mol. The number of hydrogen-bond donors (Lipinski definition) is 1. The SMILES string of the molecule is CCCN1CC(=O)N(CCC2CCNCC2)CC1=O. The predicted molar refractivity (Wildman–Crippen MR) is 73.7 cm³/mol. The lowest BCUT2D eigenvalue weighted by Gasteiger charge is -2.34. The summed E-state index contributed by atoms with van der Waals surface area (Å²) in [4.78, 5) is 27.4. The molecular formula is C14H25N3O2. The number of nitrogens with one attached hydrogen (secondary N) is 1. The van der Waals surface area contributed by atoms with Gasteiger partial charge in [-0.05, 0) is 44.7 Å². The molecule has 0 unspecified atom stereocenters. The van der Waals surface area contributed by atoms with E-state index in [1.807, 2.05) is 6.92 Å². The summed E-state index contributed by atoms with van der Waals surface area (Å²) in [6.07, 6.45) is 4.33. The van der Waals surface area contributed by atoms with Gasteiger partial charge in [0.2, 0.25) is 11.8 Å². The van der Waals surface area contributed by atoms with Crippen molar-refractivity contribution in [3.63, 3.8) is 0 Å². The van der Waals surface area contributed by atoms with Crippen molar-refractivity contribution in [2.45, 2.75) is 32.6 Å². The fraction of sp³-hybridized carbons (Fsp3) is 0.857. The lowest BCUT2D eigenvalue weighted by molar-refractivity contribution is -0.150. The van der Waals surface area contributed by atoms with E-state index in [0.717, 1.165) is 32.5 Å². The van der Waals surface area contributed by atoms with Gasteiger partial charge in [0, 0.05) is 13.1 Å². The summed E-state index contributed by atoms with van der Waals surface area (Å²) < 4.78 is 0. The first kappa shape index (κ1) is 14.3. The lowest BCUT2D eigenvalue weighted by atomic mass is 9.94. The van der Waals surface area contributed by atoms with Crippen molar-refractivity contribution >= 4 is 11.8 Å². The molecule has 0 aromatic carbocycles. The number of amides is 2. The Hall–Kier alpha value is -1.10. The summed E-state index contributed by atoms with van der Waals surface area (Å²) in [5.41, 5.74) is 0. The Morgan fingerprint density at radius 1 is 1.05 bits per heavy atom. The Morgan fingerprint density at radius 3 is 2.21 bits per heavy atom. The van der Waals surface area contributed by atoms with E-state index in [0.29, 0.717) is 12.5 Å². The molecule has 19 heavy (non-hydrogen) atoms. The molecule has 2 amide bonds. The molecule has 2 aliphatic heterocycles. The van der Waals surface area contributed by atoms with Gasteiger partial charge < -0.3 is 15.1 Å². The molecule has 0 saturated carbocycles. The molecule has 0 atom stereocenters. The van der Waals surface area contributed by atoms with E-state index in [9.17, 15) is 9.59 Å². The highest BCUT2D eigenvalue weighted by Gasteiger charge is 2.29. The van der Waals surface area contributed by atoms with E-state index in [4.69, 9.17) is 0 Å². The highest BCUT2D eigenvalue weighted by atomic mass is 16.2. The van der Waals surface area contributed by atoms with E-state index in [-0.39, 0.29) is 24.9 Å². The third-order valence-electron chi connectivity index (χ3n) is 4.12. The average molecular weight is 267 g/mol. The number of piperazine rings is 1. The van der Waals surface area contributed by atoms with Gasteiger partial charge >= 0.3 is 0 Å². The number of nitrogens with zero attached hydrogens (tertiary/aromatic N) is 2. The van der Waals surface area contributed by atoms with Gasteiger partial charge in [0.1, 0.15) is 0 Å². The highest BCUT2D eigenvalue weighted by Crippen LogP contribution is 2.17. The highest BCUT2D eigenvalue weighted by molar-refractivity contribution is 5.92. The van der Waals surface area contributed by atoms with Crippen molar-refractivity contribution in [3.8, 4) is 0 Å². The Labute approximate surface area is 115 Å². The summed E-state index contributed by atoms with van der Waals surface area (Å²) >= 11 is 0. The van der Waals surface area contributed by atoms with Gasteiger partial charge in [0.15, 0.2) is 0 Å². The molecule has 0 spiro atoms. The Bertz CT molecular complexity index is 327. The fourth-order valence-corrected chi connectivity index (χ4v) is 2.89. The lowest BCUT2D eigenvalue weighted by Crippen LogP contribution is -2.54. The Balaban J connectivity index is 1.77. The molecule has 0 aliphatic carbocycles. The number of carbonyl (C=O) groups is 2. The second-order valence-corrected chi connectivity index (χ2v) is 5.61. The van der Waals surface area contributed by atoms with Gasteiger partial charge in [-0.2, -0.15) is 0 Å². The van der Waals surface area contributed by atoms with Gasteiger partial charge in [-0.3, -0.25) is 9.59 Å². The van der Waals surface area contributed by atoms with E-state index in [2.05, 4.69) is 5.32 Å². The van der Waals surface area contributed by atoms with Crippen molar-refractivity contribution in [2.24, 2.45) is 5.92 Å². The zero-order valence-corrected chi connectivity index (χ0v) is 11.9. The van der Waals surface area contributed by atoms with Crippen molar-refractivity contribution in [3.05, 3.63) is 0 Å². The quantitative estimate of drug-likeness (QED) is 0.787. The largest absolute Gasteiger partial charge is 0.332 e. The van der Waals surface area contributed by atoms with E-state index in [1.54, 1.807) is 9.80 Å². The summed E-state index contributed by atoms with van der Waals surface area (Å²) in [7, 11) is 0. The standard InChI is InChI=1S/C14H25N3O2/c1-2-8-16-10-14(19)17(11-13(16)18)9-5-12-3-6-15-7-4-12/h12,15H,2-11H2,1H3. The Morgan fingerprint density at radius 2 is 1.63 bits per heavy atom. The molecule has 0 radical (unpaired) electrons. The van der Waals surface area contributed by atoms with Crippen LogP contribution in [0.25, 0.3) is 0 Å². The van der Waals surface area contributed by atoms with E-state index < -0.39 is 0 Å². The van der Waals surface area contributed by atoms with Gasteiger partial charge in [0.05, 0.1) is 13.1 Å². The number of piperidine rings is 1. The molecule has 1 N–H and O–H groups in total. The summed E-state index contributed by atoms with van der Waals surface area (Å²) in [6.45, 7) is 6.20. The first-order chi connectivity index (χ1) is 9.20. The zero-order chi connectivity index (χ0) is 13.7. The minimum atomic E-state index is 0.103. The van der Waals surface area contributed by atoms with Crippen LogP contribution < -0.4 is 5.32 Å². The third kappa shape index (κ3) is 3.93. The van der Waals surface area contributed by atoms with Crippen LogP contribution >= 0.6 is 0 Å². The molecule has 2 saturated heterocycles. The minimum Gasteiger partial charge on any atom is -0.332 e. The van der Waals surface area contributed by atoms with Crippen LogP contribution in [-0.4, -0.2) is 60.9 Å². The minimum absolute atomic E-state index is 0.103. The number of rotatable bonds is 5. The van der Waals surface area contributed by atoms with Gasteiger partial charge in [0.25, 0.3) is 0 Å². The van der Waals surface area contributed by atoms with E-state index in [1.165, 1.54) is 12.8 Å².